The molecule has 4 N–H and O–H groups in total. The van der Waals surface area contributed by atoms with E-state index < -0.39 is 17.7 Å². The first-order valence-corrected chi connectivity index (χ1v) is 7.75. The molecule has 0 unspecified atom stereocenters. The molecule has 0 saturated carbocycles. The summed E-state index contributed by atoms with van der Waals surface area (Å²) < 4.78 is 5.18. The fraction of sp³-hybridized carbons (Fsp3) is 0.800. The topological polar surface area (TPSA) is 111 Å². The highest BCUT2D eigenvalue weighted by atomic mass is 16.6. The fourth-order valence-corrected chi connectivity index (χ4v) is 2.23. The van der Waals surface area contributed by atoms with Crippen molar-refractivity contribution in [1.29, 1.82) is 0 Å². The molecule has 7 nitrogen and oxygen atoms in total. The molecule has 0 bridgehead atoms. The lowest BCUT2D eigenvalue weighted by Crippen LogP contribution is -2.61. The van der Waals surface area contributed by atoms with Crippen LogP contribution in [0, 0.1) is 0 Å². The lowest BCUT2D eigenvalue weighted by molar-refractivity contribution is -0.155. The number of nitrogens with two attached hydrogens (primary N) is 1. The summed E-state index contributed by atoms with van der Waals surface area (Å²) in [5.41, 5.74) is 4.86. The van der Waals surface area contributed by atoms with Gasteiger partial charge in [0, 0.05) is 6.42 Å². The van der Waals surface area contributed by atoms with Crippen LogP contribution in [0.4, 0.5) is 0 Å². The van der Waals surface area contributed by atoms with Gasteiger partial charge in [0.25, 0.3) is 0 Å². The van der Waals surface area contributed by atoms with Crippen LogP contribution in [0.25, 0.3) is 0 Å². The molecule has 0 aromatic carbocycles. The Morgan fingerprint density at radius 3 is 2.14 bits per heavy atom. The van der Waals surface area contributed by atoms with E-state index in [9.17, 15) is 14.4 Å². The van der Waals surface area contributed by atoms with Crippen molar-refractivity contribution < 1.29 is 19.1 Å². The number of rotatable bonds is 7. The van der Waals surface area contributed by atoms with Crippen LogP contribution in [0.3, 0.4) is 0 Å². The lowest BCUT2D eigenvalue weighted by atomic mass is 10.0. The van der Waals surface area contributed by atoms with Crippen molar-refractivity contribution in [3.63, 3.8) is 0 Å². The molecule has 22 heavy (non-hydrogen) atoms. The minimum Gasteiger partial charge on any atom is -0.460 e. The van der Waals surface area contributed by atoms with Crippen molar-refractivity contribution >= 4 is 17.8 Å². The normalized spacial score (nSPS) is 22.0. The van der Waals surface area contributed by atoms with Gasteiger partial charge in [-0.05, 0) is 53.0 Å². The minimum atomic E-state index is -0.675. The monoisotopic (exact) mass is 313 g/mol. The van der Waals surface area contributed by atoms with Gasteiger partial charge < -0.3 is 21.1 Å². The second kappa shape index (κ2) is 8.12. The maximum atomic E-state index is 12.0. The van der Waals surface area contributed by atoms with Gasteiger partial charge in [0.05, 0.1) is 0 Å². The van der Waals surface area contributed by atoms with E-state index in [0.717, 1.165) is 12.8 Å². The van der Waals surface area contributed by atoms with Crippen molar-refractivity contribution in [2.75, 3.05) is 6.54 Å². The summed E-state index contributed by atoms with van der Waals surface area (Å²) in [6.45, 7) is 5.92. The SMILES string of the molecule is CC(C)(C)OC(=O)CC[C@@H]1NC(=O)[C@H](CCCCN)NC1=O. The Hall–Kier alpha value is -1.63. The average Bonchev–Trinajstić information content (AvgIpc) is 2.39. The molecule has 0 aliphatic carbocycles. The third-order valence-electron chi connectivity index (χ3n) is 3.27. The Labute approximate surface area is 131 Å². The van der Waals surface area contributed by atoms with Crippen LogP contribution in [0.2, 0.25) is 0 Å². The molecule has 2 amide bonds. The Bertz CT molecular complexity index is 418. The molecule has 0 aromatic heterocycles. The molecular formula is C15H27N3O4. The summed E-state index contributed by atoms with van der Waals surface area (Å²) in [5.74, 6) is -0.827. The van der Waals surface area contributed by atoms with Gasteiger partial charge in [-0.25, -0.2) is 0 Å². The number of unbranched alkanes of at least 4 members (excludes halogenated alkanes) is 1. The predicted octanol–water partition coefficient (Wildman–Crippen LogP) is 0.221. The van der Waals surface area contributed by atoms with E-state index >= 15 is 0 Å². The third kappa shape index (κ3) is 6.43. The zero-order chi connectivity index (χ0) is 16.8. The maximum Gasteiger partial charge on any atom is 0.306 e. The number of hydrogen-bond donors (Lipinski definition) is 3. The predicted molar refractivity (Wildman–Crippen MR) is 81.8 cm³/mol. The van der Waals surface area contributed by atoms with E-state index in [1.165, 1.54) is 0 Å². The second-order valence-electron chi connectivity index (χ2n) is 6.53. The molecule has 0 radical (unpaired) electrons. The molecule has 7 heteroatoms. The molecule has 1 heterocycles. The molecule has 0 aromatic rings. The van der Waals surface area contributed by atoms with Crippen molar-refractivity contribution in [3.05, 3.63) is 0 Å². The number of esters is 1. The molecule has 0 spiro atoms. The van der Waals surface area contributed by atoms with Gasteiger partial charge in [0.2, 0.25) is 11.8 Å². The molecule has 126 valence electrons. The van der Waals surface area contributed by atoms with Crippen molar-refractivity contribution in [3.8, 4) is 0 Å². The summed E-state index contributed by atoms with van der Waals surface area (Å²) >= 11 is 0. The first-order chi connectivity index (χ1) is 10.2. The van der Waals surface area contributed by atoms with Crippen LogP contribution in [-0.2, 0) is 19.1 Å². The zero-order valence-electron chi connectivity index (χ0n) is 13.6. The van der Waals surface area contributed by atoms with Crippen molar-refractivity contribution in [2.45, 2.75) is 70.6 Å². The van der Waals surface area contributed by atoms with E-state index in [2.05, 4.69) is 10.6 Å². The number of piperazine rings is 1. The summed E-state index contributed by atoms with van der Waals surface area (Å²) in [6, 6.07) is -1.18. The smallest absolute Gasteiger partial charge is 0.306 e. The third-order valence-corrected chi connectivity index (χ3v) is 3.27. The van der Waals surface area contributed by atoms with Crippen LogP contribution >= 0.6 is 0 Å². The molecule has 1 aliphatic heterocycles. The second-order valence-corrected chi connectivity index (χ2v) is 6.53. The van der Waals surface area contributed by atoms with E-state index in [0.29, 0.717) is 13.0 Å². The molecular weight excluding hydrogens is 286 g/mol. The number of carbonyl (C=O) groups excluding carboxylic acids is 3. The van der Waals surface area contributed by atoms with E-state index in [4.69, 9.17) is 10.5 Å². The van der Waals surface area contributed by atoms with E-state index in [-0.39, 0.29) is 30.6 Å². The van der Waals surface area contributed by atoms with Crippen molar-refractivity contribution in [2.24, 2.45) is 5.73 Å². The fourth-order valence-electron chi connectivity index (χ4n) is 2.23. The van der Waals surface area contributed by atoms with Gasteiger partial charge in [0.15, 0.2) is 0 Å². The van der Waals surface area contributed by atoms with Crippen LogP contribution in [0.1, 0.15) is 52.9 Å². The summed E-state index contributed by atoms with van der Waals surface area (Å²) in [5, 5.41) is 5.37. The number of ether oxygens (including phenoxy) is 1. The first-order valence-electron chi connectivity index (χ1n) is 7.75. The molecule has 1 aliphatic rings. The number of nitrogens with one attached hydrogen (secondary N) is 2. The molecule has 1 rings (SSSR count). The van der Waals surface area contributed by atoms with Gasteiger partial charge in [-0.1, -0.05) is 0 Å². The quantitative estimate of drug-likeness (QED) is 0.460. The summed E-state index contributed by atoms with van der Waals surface area (Å²) in [4.78, 5) is 35.6. The highest BCUT2D eigenvalue weighted by Gasteiger charge is 2.33. The molecule has 2 atom stereocenters. The van der Waals surface area contributed by atoms with Gasteiger partial charge in [-0.2, -0.15) is 0 Å². The number of hydrogen-bond acceptors (Lipinski definition) is 5. The average molecular weight is 313 g/mol. The molecule has 1 saturated heterocycles. The minimum absolute atomic E-state index is 0.0908. The Balaban J connectivity index is 2.40. The van der Waals surface area contributed by atoms with Gasteiger partial charge >= 0.3 is 5.97 Å². The van der Waals surface area contributed by atoms with Gasteiger partial charge in [0.1, 0.15) is 17.7 Å². The van der Waals surface area contributed by atoms with Gasteiger partial charge in [-0.3, -0.25) is 14.4 Å². The van der Waals surface area contributed by atoms with Crippen molar-refractivity contribution in [1.82, 2.24) is 10.6 Å². The highest BCUT2D eigenvalue weighted by Crippen LogP contribution is 2.12. The maximum absolute atomic E-state index is 12.0. The zero-order valence-corrected chi connectivity index (χ0v) is 13.6. The van der Waals surface area contributed by atoms with E-state index in [1.807, 2.05) is 0 Å². The van der Waals surface area contributed by atoms with Gasteiger partial charge in [-0.15, -0.1) is 0 Å². The van der Waals surface area contributed by atoms with Crippen LogP contribution in [0.5, 0.6) is 0 Å². The lowest BCUT2D eigenvalue weighted by Gasteiger charge is -2.29. The Morgan fingerprint density at radius 2 is 1.64 bits per heavy atom. The van der Waals surface area contributed by atoms with Crippen LogP contribution < -0.4 is 16.4 Å². The Kier molecular flexibility index (Phi) is 6.80. The van der Waals surface area contributed by atoms with E-state index in [1.54, 1.807) is 20.8 Å². The summed E-state index contributed by atoms with van der Waals surface area (Å²) in [6.07, 6.45) is 2.52. The van der Waals surface area contributed by atoms with Crippen LogP contribution in [0.15, 0.2) is 0 Å². The molecule has 1 fully saturated rings. The Morgan fingerprint density at radius 1 is 1.09 bits per heavy atom. The number of amides is 2. The first kappa shape index (κ1) is 18.4. The number of carbonyl (C=O) groups is 3. The van der Waals surface area contributed by atoms with Crippen LogP contribution in [-0.4, -0.2) is 42.0 Å². The highest BCUT2D eigenvalue weighted by molar-refractivity contribution is 5.97. The standard InChI is InChI=1S/C15H27N3O4/c1-15(2,3)22-12(19)8-7-11-14(21)17-10(13(20)18-11)6-4-5-9-16/h10-11H,4-9,16H2,1-3H3,(H,17,21)(H,18,20)/t10-,11-/m0/s1. The largest absolute Gasteiger partial charge is 0.460 e. The summed E-state index contributed by atoms with van der Waals surface area (Å²) in [7, 11) is 0.